The number of H-pyrrole nitrogens is 1. The third-order valence-electron chi connectivity index (χ3n) is 3.93. The Morgan fingerprint density at radius 3 is 2.76 bits per heavy atom. The van der Waals surface area contributed by atoms with Gasteiger partial charge >= 0.3 is 0 Å². The van der Waals surface area contributed by atoms with E-state index in [1.54, 1.807) is 7.11 Å². The molecule has 7 heteroatoms. The second kappa shape index (κ2) is 10.2. The van der Waals surface area contributed by atoms with Gasteiger partial charge in [0.1, 0.15) is 0 Å². The van der Waals surface area contributed by atoms with Gasteiger partial charge in [0.25, 0.3) is 0 Å². The molecule has 2 rings (SSSR count). The molecule has 0 radical (unpaired) electrons. The van der Waals surface area contributed by atoms with Gasteiger partial charge in [0, 0.05) is 42.3 Å². The van der Waals surface area contributed by atoms with Crippen LogP contribution in [-0.2, 0) is 11.2 Å². The highest BCUT2D eigenvalue weighted by Crippen LogP contribution is 2.22. The van der Waals surface area contributed by atoms with Crippen LogP contribution in [0.5, 0.6) is 0 Å². The van der Waals surface area contributed by atoms with Crippen LogP contribution in [-0.4, -0.2) is 43.3 Å². The second-order valence-corrected chi connectivity index (χ2v) is 6.78. The number of hydrogen-bond acceptors (Lipinski definition) is 2. The van der Waals surface area contributed by atoms with Crippen molar-refractivity contribution in [1.29, 1.82) is 0 Å². The fraction of sp³-hybridized carbons (Fsp3) is 0.500. The maximum absolute atomic E-state index is 6.10. The van der Waals surface area contributed by atoms with Gasteiger partial charge in [-0.3, -0.25) is 4.99 Å². The smallest absolute Gasteiger partial charge is 0.191 e. The minimum absolute atomic E-state index is 0. The second-order valence-electron chi connectivity index (χ2n) is 6.34. The highest BCUT2D eigenvalue weighted by Gasteiger charge is 2.15. The summed E-state index contributed by atoms with van der Waals surface area (Å²) in [5.74, 6) is 0.806. The number of methoxy groups -OCH3 is 1. The summed E-state index contributed by atoms with van der Waals surface area (Å²) in [6.45, 7) is 8.31. The van der Waals surface area contributed by atoms with E-state index in [1.807, 2.05) is 38.2 Å². The van der Waals surface area contributed by atoms with Crippen LogP contribution in [0.2, 0.25) is 5.02 Å². The Morgan fingerprint density at radius 2 is 2.08 bits per heavy atom. The molecule has 1 aromatic carbocycles. The van der Waals surface area contributed by atoms with E-state index in [0.29, 0.717) is 6.54 Å². The summed E-state index contributed by atoms with van der Waals surface area (Å²) in [5.41, 5.74) is 2.08. The number of nitrogens with one attached hydrogen (secondary N) is 3. The van der Waals surface area contributed by atoms with Crippen molar-refractivity contribution in [2.45, 2.75) is 32.8 Å². The molecule has 0 bridgehead atoms. The monoisotopic (exact) mass is 478 g/mol. The van der Waals surface area contributed by atoms with Crippen LogP contribution in [0, 0.1) is 0 Å². The van der Waals surface area contributed by atoms with Gasteiger partial charge in [-0.1, -0.05) is 11.6 Å². The van der Waals surface area contributed by atoms with E-state index >= 15 is 0 Å². The Kier molecular flexibility index (Phi) is 9.02. The fourth-order valence-electron chi connectivity index (χ4n) is 2.35. The lowest BCUT2D eigenvalue weighted by molar-refractivity contribution is 0.0310. The zero-order valence-electron chi connectivity index (χ0n) is 15.3. The number of halogens is 2. The van der Waals surface area contributed by atoms with Gasteiger partial charge in [0.2, 0.25) is 0 Å². The number of hydrogen-bond donors (Lipinski definition) is 3. The van der Waals surface area contributed by atoms with Crippen LogP contribution in [0.4, 0.5) is 0 Å². The summed E-state index contributed by atoms with van der Waals surface area (Å²) < 4.78 is 5.41. The number of rotatable bonds is 7. The number of nitrogens with zero attached hydrogens (tertiary/aromatic N) is 1. The number of benzene rings is 1. The number of fused-ring (bicyclic) bond motifs is 1. The quantitative estimate of drug-likeness (QED) is 0.321. The number of aliphatic imine (C=N–C) groups is 1. The van der Waals surface area contributed by atoms with Gasteiger partial charge in [0.15, 0.2) is 5.96 Å². The fourth-order valence-corrected chi connectivity index (χ4v) is 2.52. The molecular formula is C18H28ClIN4O. The molecule has 0 amide bonds. The summed E-state index contributed by atoms with van der Waals surface area (Å²) in [4.78, 5) is 7.87. The van der Waals surface area contributed by atoms with Crippen molar-refractivity contribution in [3.8, 4) is 0 Å². The van der Waals surface area contributed by atoms with Gasteiger partial charge in [-0.05, 0) is 51.0 Å². The van der Waals surface area contributed by atoms with Gasteiger partial charge in [-0.15, -0.1) is 24.0 Å². The summed E-state index contributed by atoms with van der Waals surface area (Å²) in [7, 11) is 1.71. The van der Waals surface area contributed by atoms with Crippen LogP contribution in [0.25, 0.3) is 10.9 Å². The molecule has 25 heavy (non-hydrogen) atoms. The van der Waals surface area contributed by atoms with E-state index in [1.165, 1.54) is 10.9 Å². The van der Waals surface area contributed by atoms with E-state index in [2.05, 4.69) is 27.5 Å². The lowest BCUT2D eigenvalue weighted by Gasteiger charge is -2.21. The Labute approximate surface area is 172 Å². The predicted octanol–water partition coefficient (Wildman–Crippen LogP) is 3.96. The van der Waals surface area contributed by atoms with Crippen molar-refractivity contribution in [3.05, 3.63) is 35.0 Å². The number of ether oxygens (including phenoxy) is 1. The van der Waals surface area contributed by atoms with Crippen molar-refractivity contribution in [2.75, 3.05) is 26.7 Å². The minimum atomic E-state index is -0.268. The molecule has 0 aliphatic heterocycles. The van der Waals surface area contributed by atoms with Crippen molar-refractivity contribution in [2.24, 2.45) is 4.99 Å². The number of aromatic nitrogens is 1. The summed E-state index contributed by atoms with van der Waals surface area (Å²) >= 11 is 6.10. The van der Waals surface area contributed by atoms with Crippen LogP contribution in [0.3, 0.4) is 0 Å². The van der Waals surface area contributed by atoms with Gasteiger partial charge in [-0.25, -0.2) is 0 Å². The van der Waals surface area contributed by atoms with E-state index in [9.17, 15) is 0 Å². The van der Waals surface area contributed by atoms with Crippen molar-refractivity contribution >= 4 is 52.4 Å². The molecule has 0 spiro atoms. The van der Waals surface area contributed by atoms with Crippen molar-refractivity contribution < 1.29 is 4.74 Å². The molecule has 0 aliphatic carbocycles. The maximum atomic E-state index is 6.10. The summed E-state index contributed by atoms with van der Waals surface area (Å²) in [6.07, 6.45) is 2.93. The molecular weight excluding hydrogens is 451 g/mol. The molecule has 0 fully saturated rings. The molecule has 2 aromatic rings. The third-order valence-corrected chi connectivity index (χ3v) is 4.17. The lowest BCUT2D eigenvalue weighted by atomic mass is 10.1. The molecule has 3 N–H and O–H groups in total. The molecule has 140 valence electrons. The van der Waals surface area contributed by atoms with Gasteiger partial charge in [0.05, 0.1) is 12.1 Å². The Hall–Kier alpha value is -0.990. The predicted molar refractivity (Wildman–Crippen MR) is 117 cm³/mol. The van der Waals surface area contributed by atoms with Crippen LogP contribution in [0.15, 0.2) is 29.4 Å². The van der Waals surface area contributed by atoms with Crippen LogP contribution < -0.4 is 10.6 Å². The topological polar surface area (TPSA) is 61.4 Å². The Bertz CT molecular complexity index is 699. The Balaban J connectivity index is 0.00000312. The molecule has 0 unspecified atom stereocenters. The summed E-state index contributed by atoms with van der Waals surface area (Å²) in [5, 5.41) is 8.56. The molecule has 5 nitrogen and oxygen atoms in total. The molecule has 1 aromatic heterocycles. The molecule has 0 atom stereocenters. The van der Waals surface area contributed by atoms with Crippen LogP contribution >= 0.6 is 35.6 Å². The normalized spacial score (nSPS) is 12.1. The highest BCUT2D eigenvalue weighted by molar-refractivity contribution is 14.0. The first-order valence-electron chi connectivity index (χ1n) is 8.28. The average Bonchev–Trinajstić information content (AvgIpc) is 2.95. The van der Waals surface area contributed by atoms with E-state index in [4.69, 9.17) is 16.3 Å². The van der Waals surface area contributed by atoms with E-state index < -0.39 is 0 Å². The van der Waals surface area contributed by atoms with E-state index in [0.717, 1.165) is 36.0 Å². The Morgan fingerprint density at radius 1 is 1.32 bits per heavy atom. The maximum Gasteiger partial charge on any atom is 0.191 e. The first-order valence-corrected chi connectivity index (χ1v) is 8.66. The van der Waals surface area contributed by atoms with E-state index in [-0.39, 0.29) is 29.6 Å². The van der Waals surface area contributed by atoms with Crippen molar-refractivity contribution in [1.82, 2.24) is 15.6 Å². The number of aromatic amines is 1. The number of guanidine groups is 1. The lowest BCUT2D eigenvalue weighted by Crippen LogP contribution is -2.40. The zero-order chi connectivity index (χ0) is 17.6. The van der Waals surface area contributed by atoms with Crippen LogP contribution in [0.1, 0.15) is 26.3 Å². The first kappa shape index (κ1) is 22.1. The third kappa shape index (κ3) is 6.67. The SMILES string of the molecule is CCNC(=NCC(C)(C)OC)NCCc1c[nH]c2ccc(Cl)cc12.I. The molecule has 1 heterocycles. The molecule has 0 aliphatic rings. The van der Waals surface area contributed by atoms with Crippen molar-refractivity contribution in [3.63, 3.8) is 0 Å². The molecule has 0 saturated carbocycles. The van der Waals surface area contributed by atoms with Gasteiger partial charge in [-0.2, -0.15) is 0 Å². The minimum Gasteiger partial charge on any atom is -0.377 e. The molecule has 0 saturated heterocycles. The first-order chi connectivity index (χ1) is 11.4. The zero-order valence-corrected chi connectivity index (χ0v) is 18.4. The highest BCUT2D eigenvalue weighted by atomic mass is 127. The standard InChI is InChI=1S/C18H27ClN4O.HI/c1-5-20-17(23-12-18(2,3)24-4)21-9-8-13-11-22-16-7-6-14(19)10-15(13)16;/h6-7,10-11,22H,5,8-9,12H2,1-4H3,(H2,20,21,23);1H. The largest absolute Gasteiger partial charge is 0.377 e. The average molecular weight is 479 g/mol. The summed E-state index contributed by atoms with van der Waals surface area (Å²) in [6, 6.07) is 5.91. The van der Waals surface area contributed by atoms with Gasteiger partial charge < -0.3 is 20.4 Å².